The standard InChI is InChI=1S/C19H29N5O.3ClH/c1-23-9-11-24(12-10-23)17-15(3-2-6-21-17)14-22-18(25)16-13-19(16)4-7-20-8-5-19;;;/h2-3,6,16,20H,4-5,7-14H2,1H3,(H,22,25);3*1H. The number of pyridine rings is 1. The van der Waals surface area contributed by atoms with Gasteiger partial charge in [-0.05, 0) is 50.9 Å². The Hall–Kier alpha value is -0.790. The van der Waals surface area contributed by atoms with E-state index in [0.29, 0.717) is 12.0 Å². The summed E-state index contributed by atoms with van der Waals surface area (Å²) in [5.74, 6) is 1.48. The largest absolute Gasteiger partial charge is 0.354 e. The summed E-state index contributed by atoms with van der Waals surface area (Å²) < 4.78 is 0. The summed E-state index contributed by atoms with van der Waals surface area (Å²) in [6, 6.07) is 4.06. The number of halogens is 3. The first-order valence-corrected chi connectivity index (χ1v) is 9.54. The number of carbonyl (C=O) groups excluding carboxylic acids is 1. The van der Waals surface area contributed by atoms with E-state index in [-0.39, 0.29) is 49.0 Å². The fraction of sp³-hybridized carbons (Fsp3) is 0.684. The monoisotopic (exact) mass is 451 g/mol. The van der Waals surface area contributed by atoms with Gasteiger partial charge in [0.25, 0.3) is 0 Å². The van der Waals surface area contributed by atoms with Crippen molar-refractivity contribution < 1.29 is 4.79 Å². The minimum Gasteiger partial charge on any atom is -0.354 e. The molecule has 2 aliphatic heterocycles. The second kappa shape index (κ2) is 10.8. The van der Waals surface area contributed by atoms with Crippen LogP contribution in [0.1, 0.15) is 24.8 Å². The van der Waals surface area contributed by atoms with Crippen molar-refractivity contribution in [3.8, 4) is 0 Å². The summed E-state index contributed by atoms with van der Waals surface area (Å²) in [6.45, 7) is 6.79. The molecule has 1 saturated carbocycles. The number of piperazine rings is 1. The number of anilines is 1. The van der Waals surface area contributed by atoms with Crippen LogP contribution < -0.4 is 15.5 Å². The van der Waals surface area contributed by atoms with Crippen molar-refractivity contribution in [2.75, 3.05) is 51.2 Å². The molecule has 1 atom stereocenters. The first-order chi connectivity index (χ1) is 12.2. The zero-order valence-electron chi connectivity index (χ0n) is 16.4. The van der Waals surface area contributed by atoms with Crippen LogP contribution in [0.15, 0.2) is 18.3 Å². The smallest absolute Gasteiger partial charge is 0.223 e. The lowest BCUT2D eigenvalue weighted by atomic mass is 9.92. The molecule has 0 aromatic carbocycles. The second-order valence-corrected chi connectivity index (χ2v) is 7.86. The number of nitrogens with one attached hydrogen (secondary N) is 2. The zero-order valence-corrected chi connectivity index (χ0v) is 18.8. The van der Waals surface area contributed by atoms with E-state index in [1.54, 1.807) is 0 Å². The maximum atomic E-state index is 12.6. The quantitative estimate of drug-likeness (QED) is 0.733. The third kappa shape index (κ3) is 5.42. The molecule has 6 nitrogen and oxygen atoms in total. The van der Waals surface area contributed by atoms with Gasteiger partial charge in [-0.25, -0.2) is 4.98 Å². The number of likely N-dealkylation sites (N-methyl/N-ethyl adjacent to an activating group) is 1. The van der Waals surface area contributed by atoms with Gasteiger partial charge in [-0.3, -0.25) is 4.79 Å². The molecule has 1 aromatic heterocycles. The van der Waals surface area contributed by atoms with Gasteiger partial charge in [-0.2, -0.15) is 0 Å². The SMILES string of the molecule is CN1CCN(c2ncccc2CNC(=O)C2CC23CCNCC3)CC1.Cl.Cl.Cl. The van der Waals surface area contributed by atoms with Crippen molar-refractivity contribution in [2.24, 2.45) is 11.3 Å². The number of hydrogen-bond donors (Lipinski definition) is 2. The Morgan fingerprint density at radius 2 is 1.89 bits per heavy atom. The van der Waals surface area contributed by atoms with Crippen LogP contribution in [0, 0.1) is 11.3 Å². The van der Waals surface area contributed by atoms with Crippen molar-refractivity contribution in [1.29, 1.82) is 0 Å². The number of amides is 1. The van der Waals surface area contributed by atoms with Gasteiger partial charge >= 0.3 is 0 Å². The normalized spacial score (nSPS) is 23.0. The Balaban J connectivity index is 0.00000131. The Bertz CT molecular complexity index is 634. The first-order valence-electron chi connectivity index (χ1n) is 9.54. The molecule has 2 N–H and O–H groups in total. The highest BCUT2D eigenvalue weighted by Gasteiger charge is 2.57. The summed E-state index contributed by atoms with van der Waals surface area (Å²) in [6.07, 6.45) is 5.21. The number of hydrogen-bond acceptors (Lipinski definition) is 5. The molecule has 1 aromatic rings. The van der Waals surface area contributed by atoms with Gasteiger partial charge in [-0.15, -0.1) is 37.2 Å². The first kappa shape index (κ1) is 25.2. The van der Waals surface area contributed by atoms with Gasteiger partial charge in [0.2, 0.25) is 5.91 Å². The predicted molar refractivity (Wildman–Crippen MR) is 120 cm³/mol. The van der Waals surface area contributed by atoms with Gasteiger partial charge in [0.05, 0.1) is 0 Å². The number of nitrogens with zero attached hydrogens (tertiary/aromatic N) is 3. The molecule has 1 spiro atoms. The molecule has 28 heavy (non-hydrogen) atoms. The minimum atomic E-state index is 0. The van der Waals surface area contributed by atoms with E-state index in [2.05, 4.69) is 38.5 Å². The third-order valence-corrected chi connectivity index (χ3v) is 6.23. The van der Waals surface area contributed by atoms with Crippen LogP contribution in [0.25, 0.3) is 0 Å². The molecule has 3 fully saturated rings. The molecule has 0 radical (unpaired) electrons. The molecule has 4 rings (SSSR count). The van der Waals surface area contributed by atoms with Crippen molar-refractivity contribution >= 4 is 48.9 Å². The fourth-order valence-corrected chi connectivity index (χ4v) is 4.37. The highest BCUT2D eigenvalue weighted by Crippen LogP contribution is 2.58. The number of rotatable bonds is 4. The molecule has 3 heterocycles. The van der Waals surface area contributed by atoms with Crippen molar-refractivity contribution in [2.45, 2.75) is 25.8 Å². The minimum absolute atomic E-state index is 0. The third-order valence-electron chi connectivity index (χ3n) is 6.23. The Labute approximate surface area is 186 Å². The van der Waals surface area contributed by atoms with E-state index in [4.69, 9.17) is 0 Å². The van der Waals surface area contributed by atoms with E-state index in [1.807, 2.05) is 12.3 Å². The lowest BCUT2D eigenvalue weighted by Crippen LogP contribution is -2.45. The number of piperidine rings is 1. The molecule has 9 heteroatoms. The fourth-order valence-electron chi connectivity index (χ4n) is 4.37. The van der Waals surface area contributed by atoms with Crippen molar-refractivity contribution in [3.05, 3.63) is 23.9 Å². The highest BCUT2D eigenvalue weighted by molar-refractivity contribution is 5.86. The van der Waals surface area contributed by atoms with Gasteiger partial charge in [0, 0.05) is 50.4 Å². The van der Waals surface area contributed by atoms with E-state index in [9.17, 15) is 4.79 Å². The molecule has 1 aliphatic carbocycles. The van der Waals surface area contributed by atoms with Crippen molar-refractivity contribution in [3.63, 3.8) is 0 Å². The van der Waals surface area contributed by atoms with Crippen LogP contribution in [-0.4, -0.2) is 62.1 Å². The van der Waals surface area contributed by atoms with Crippen LogP contribution in [0.4, 0.5) is 5.82 Å². The van der Waals surface area contributed by atoms with Crippen molar-refractivity contribution in [1.82, 2.24) is 20.5 Å². The molecular weight excluding hydrogens is 421 g/mol. The summed E-state index contributed by atoms with van der Waals surface area (Å²) >= 11 is 0. The average molecular weight is 453 g/mol. The Morgan fingerprint density at radius 1 is 1.21 bits per heavy atom. The van der Waals surface area contributed by atoms with Crippen LogP contribution in [0.3, 0.4) is 0 Å². The Kier molecular flexibility index (Phi) is 9.77. The van der Waals surface area contributed by atoms with Crippen LogP contribution in [0.2, 0.25) is 0 Å². The maximum Gasteiger partial charge on any atom is 0.223 e. The molecule has 1 unspecified atom stereocenters. The van der Waals surface area contributed by atoms with Crippen LogP contribution >= 0.6 is 37.2 Å². The molecule has 0 bridgehead atoms. The molecule has 2 saturated heterocycles. The van der Waals surface area contributed by atoms with Crippen LogP contribution in [-0.2, 0) is 11.3 Å². The summed E-state index contributed by atoms with van der Waals surface area (Å²) in [5.41, 5.74) is 1.42. The average Bonchev–Trinajstić information content (AvgIpc) is 3.34. The van der Waals surface area contributed by atoms with E-state index < -0.39 is 0 Å². The Morgan fingerprint density at radius 3 is 2.57 bits per heavy atom. The molecular formula is C19H32Cl3N5O. The number of aromatic nitrogens is 1. The van der Waals surface area contributed by atoms with Gasteiger partial charge in [0.1, 0.15) is 5.82 Å². The lowest BCUT2D eigenvalue weighted by molar-refractivity contribution is -0.123. The van der Waals surface area contributed by atoms with Gasteiger partial charge in [-0.1, -0.05) is 6.07 Å². The summed E-state index contributed by atoms with van der Waals surface area (Å²) in [5, 5.41) is 6.58. The summed E-state index contributed by atoms with van der Waals surface area (Å²) in [4.78, 5) is 21.9. The highest BCUT2D eigenvalue weighted by atomic mass is 35.5. The second-order valence-electron chi connectivity index (χ2n) is 7.86. The zero-order chi connectivity index (χ0) is 17.3. The van der Waals surface area contributed by atoms with E-state index in [0.717, 1.165) is 69.9 Å². The lowest BCUT2D eigenvalue weighted by Gasteiger charge is -2.34. The maximum absolute atomic E-state index is 12.6. The van der Waals surface area contributed by atoms with Gasteiger partial charge < -0.3 is 20.4 Å². The predicted octanol–water partition coefficient (Wildman–Crippen LogP) is 2.10. The topological polar surface area (TPSA) is 60.5 Å². The number of carbonyl (C=O) groups is 1. The van der Waals surface area contributed by atoms with Gasteiger partial charge in [0.15, 0.2) is 0 Å². The van der Waals surface area contributed by atoms with E-state index in [1.165, 1.54) is 0 Å². The molecule has 3 aliphatic rings. The summed E-state index contributed by atoms with van der Waals surface area (Å²) in [7, 11) is 2.16. The van der Waals surface area contributed by atoms with Crippen LogP contribution in [0.5, 0.6) is 0 Å². The molecule has 160 valence electrons. The van der Waals surface area contributed by atoms with E-state index >= 15 is 0 Å². The molecule has 1 amide bonds.